The molecule has 0 aromatic rings. The van der Waals surface area contributed by atoms with Crippen LogP contribution in [-0.2, 0) is 14.3 Å². The fourth-order valence-electron chi connectivity index (χ4n) is 3.31. The summed E-state index contributed by atoms with van der Waals surface area (Å²) in [6.45, 7) is 3.38. The van der Waals surface area contributed by atoms with Gasteiger partial charge in [-0.1, -0.05) is 0 Å². The number of ether oxygens (including phenoxy) is 2. The SMILES string of the molecule is COC1CCN(C(=O)CCC2CCC(C)O2)C(CN)C1.Cl. The molecule has 2 saturated heterocycles. The number of rotatable bonds is 5. The van der Waals surface area contributed by atoms with Crippen molar-refractivity contribution in [1.29, 1.82) is 0 Å². The van der Waals surface area contributed by atoms with Gasteiger partial charge in [0, 0.05) is 32.7 Å². The fraction of sp³-hybridized carbons (Fsp3) is 0.933. The third-order valence-electron chi connectivity index (χ3n) is 4.59. The number of carbonyl (C=O) groups is 1. The Labute approximate surface area is 133 Å². The fourth-order valence-corrected chi connectivity index (χ4v) is 3.31. The van der Waals surface area contributed by atoms with Gasteiger partial charge in [0.15, 0.2) is 0 Å². The van der Waals surface area contributed by atoms with Crippen molar-refractivity contribution in [2.24, 2.45) is 5.73 Å². The lowest BCUT2D eigenvalue weighted by atomic mass is 9.98. The van der Waals surface area contributed by atoms with Crippen molar-refractivity contribution in [3.8, 4) is 0 Å². The zero-order chi connectivity index (χ0) is 14.5. The summed E-state index contributed by atoms with van der Waals surface area (Å²) in [4.78, 5) is 14.3. The smallest absolute Gasteiger partial charge is 0.222 e. The summed E-state index contributed by atoms with van der Waals surface area (Å²) in [5.41, 5.74) is 5.81. The maximum absolute atomic E-state index is 12.4. The van der Waals surface area contributed by atoms with Crippen LogP contribution in [0.25, 0.3) is 0 Å². The zero-order valence-corrected chi connectivity index (χ0v) is 13.9. The van der Waals surface area contributed by atoms with E-state index in [1.54, 1.807) is 7.11 Å². The molecule has 6 heteroatoms. The Bertz CT molecular complexity index is 330. The van der Waals surface area contributed by atoms with Gasteiger partial charge >= 0.3 is 0 Å². The minimum atomic E-state index is 0. The Hall–Kier alpha value is -0.360. The molecule has 2 aliphatic rings. The number of hydrogen-bond acceptors (Lipinski definition) is 4. The van der Waals surface area contributed by atoms with Gasteiger partial charge in [0.1, 0.15) is 0 Å². The summed E-state index contributed by atoms with van der Waals surface area (Å²) in [5, 5.41) is 0. The molecule has 21 heavy (non-hydrogen) atoms. The van der Waals surface area contributed by atoms with Crippen molar-refractivity contribution < 1.29 is 14.3 Å². The summed E-state index contributed by atoms with van der Waals surface area (Å²) in [7, 11) is 1.73. The molecule has 1 amide bonds. The first-order valence-electron chi connectivity index (χ1n) is 7.81. The van der Waals surface area contributed by atoms with E-state index in [1.165, 1.54) is 0 Å². The maximum atomic E-state index is 12.4. The van der Waals surface area contributed by atoms with Gasteiger partial charge in [-0.25, -0.2) is 0 Å². The van der Waals surface area contributed by atoms with Gasteiger partial charge in [-0.15, -0.1) is 12.4 Å². The lowest BCUT2D eigenvalue weighted by Crippen LogP contribution is -2.51. The van der Waals surface area contributed by atoms with Gasteiger partial charge in [-0.2, -0.15) is 0 Å². The number of likely N-dealkylation sites (tertiary alicyclic amines) is 1. The van der Waals surface area contributed by atoms with E-state index in [0.29, 0.717) is 19.1 Å². The molecule has 0 radical (unpaired) electrons. The summed E-state index contributed by atoms with van der Waals surface area (Å²) in [6, 6.07) is 0.129. The summed E-state index contributed by atoms with van der Waals surface area (Å²) in [5.74, 6) is 0.221. The van der Waals surface area contributed by atoms with E-state index in [-0.39, 0.29) is 36.6 Å². The van der Waals surface area contributed by atoms with Crippen molar-refractivity contribution in [3.63, 3.8) is 0 Å². The monoisotopic (exact) mass is 320 g/mol. The highest BCUT2D eigenvalue weighted by Gasteiger charge is 2.31. The highest BCUT2D eigenvalue weighted by Crippen LogP contribution is 2.24. The normalized spacial score (nSPS) is 32.8. The molecule has 2 fully saturated rings. The molecule has 4 unspecified atom stereocenters. The first-order valence-corrected chi connectivity index (χ1v) is 7.81. The molecule has 2 aliphatic heterocycles. The Morgan fingerprint density at radius 3 is 2.71 bits per heavy atom. The van der Waals surface area contributed by atoms with Crippen molar-refractivity contribution in [2.75, 3.05) is 20.2 Å². The van der Waals surface area contributed by atoms with Gasteiger partial charge in [0.25, 0.3) is 0 Å². The van der Waals surface area contributed by atoms with Crippen LogP contribution < -0.4 is 5.73 Å². The van der Waals surface area contributed by atoms with Crippen LogP contribution in [0, 0.1) is 0 Å². The molecule has 2 rings (SSSR count). The van der Waals surface area contributed by atoms with Crippen molar-refractivity contribution >= 4 is 18.3 Å². The van der Waals surface area contributed by atoms with E-state index >= 15 is 0 Å². The molecule has 0 aliphatic carbocycles. The Balaban J connectivity index is 0.00000220. The average molecular weight is 321 g/mol. The van der Waals surface area contributed by atoms with E-state index in [0.717, 1.165) is 38.6 Å². The van der Waals surface area contributed by atoms with Gasteiger partial charge in [-0.3, -0.25) is 4.79 Å². The summed E-state index contributed by atoms with van der Waals surface area (Å²) < 4.78 is 11.2. The van der Waals surface area contributed by atoms with E-state index in [4.69, 9.17) is 15.2 Å². The van der Waals surface area contributed by atoms with Crippen LogP contribution in [0.5, 0.6) is 0 Å². The standard InChI is InChI=1S/C15H28N2O3.ClH/c1-11-3-4-13(20-11)5-6-15(18)17-8-7-14(19-2)9-12(17)10-16;/h11-14H,3-10,16H2,1-2H3;1H. The van der Waals surface area contributed by atoms with Gasteiger partial charge < -0.3 is 20.1 Å². The highest BCUT2D eigenvalue weighted by molar-refractivity contribution is 5.85. The molecule has 0 aromatic heterocycles. The number of amides is 1. The van der Waals surface area contributed by atoms with Crippen molar-refractivity contribution in [2.45, 2.75) is 69.8 Å². The molecule has 0 spiro atoms. The minimum absolute atomic E-state index is 0. The Morgan fingerprint density at radius 1 is 1.38 bits per heavy atom. The van der Waals surface area contributed by atoms with Gasteiger partial charge in [0.05, 0.1) is 18.3 Å². The highest BCUT2D eigenvalue weighted by atomic mass is 35.5. The lowest BCUT2D eigenvalue weighted by molar-refractivity contribution is -0.137. The molecule has 0 aromatic carbocycles. The third-order valence-corrected chi connectivity index (χ3v) is 4.59. The Morgan fingerprint density at radius 2 is 2.14 bits per heavy atom. The average Bonchev–Trinajstić information content (AvgIpc) is 2.89. The second-order valence-corrected chi connectivity index (χ2v) is 6.04. The first-order chi connectivity index (χ1) is 9.63. The van der Waals surface area contributed by atoms with Crippen LogP contribution in [0.15, 0.2) is 0 Å². The third kappa shape index (κ3) is 5.09. The van der Waals surface area contributed by atoms with E-state index in [1.807, 2.05) is 4.90 Å². The number of piperidine rings is 1. The topological polar surface area (TPSA) is 64.8 Å². The quantitative estimate of drug-likeness (QED) is 0.837. The second kappa shape index (κ2) is 8.93. The molecule has 0 bridgehead atoms. The largest absolute Gasteiger partial charge is 0.381 e. The molecule has 2 N–H and O–H groups in total. The number of carbonyl (C=O) groups excluding carboxylic acids is 1. The van der Waals surface area contributed by atoms with Crippen LogP contribution in [0.4, 0.5) is 0 Å². The predicted molar refractivity (Wildman–Crippen MR) is 84.6 cm³/mol. The number of hydrogen-bond donors (Lipinski definition) is 1. The number of halogens is 1. The predicted octanol–water partition coefficient (Wildman–Crippen LogP) is 1.72. The molecule has 5 nitrogen and oxygen atoms in total. The van der Waals surface area contributed by atoms with Crippen LogP contribution in [0.1, 0.15) is 45.4 Å². The zero-order valence-electron chi connectivity index (χ0n) is 13.1. The lowest BCUT2D eigenvalue weighted by Gasteiger charge is -2.38. The molecule has 0 saturated carbocycles. The van der Waals surface area contributed by atoms with Crippen molar-refractivity contribution in [3.05, 3.63) is 0 Å². The second-order valence-electron chi connectivity index (χ2n) is 6.04. The molecule has 4 atom stereocenters. The van der Waals surface area contributed by atoms with Crippen LogP contribution in [0.2, 0.25) is 0 Å². The van der Waals surface area contributed by atoms with Crippen LogP contribution in [0.3, 0.4) is 0 Å². The first kappa shape index (κ1) is 18.7. The van der Waals surface area contributed by atoms with Gasteiger partial charge in [-0.05, 0) is 39.0 Å². The Kier molecular flexibility index (Phi) is 7.95. The minimum Gasteiger partial charge on any atom is -0.381 e. The molecular formula is C15H29ClN2O3. The number of nitrogens with two attached hydrogens (primary N) is 1. The summed E-state index contributed by atoms with van der Waals surface area (Å²) >= 11 is 0. The molecule has 2 heterocycles. The van der Waals surface area contributed by atoms with Gasteiger partial charge in [0.2, 0.25) is 5.91 Å². The van der Waals surface area contributed by atoms with Crippen LogP contribution >= 0.6 is 12.4 Å². The number of methoxy groups -OCH3 is 1. The molecule has 124 valence electrons. The van der Waals surface area contributed by atoms with E-state index < -0.39 is 0 Å². The van der Waals surface area contributed by atoms with Crippen molar-refractivity contribution in [1.82, 2.24) is 4.90 Å². The maximum Gasteiger partial charge on any atom is 0.222 e. The summed E-state index contributed by atoms with van der Waals surface area (Å²) in [6.07, 6.45) is 6.24. The van der Waals surface area contributed by atoms with E-state index in [9.17, 15) is 4.79 Å². The number of nitrogens with zero attached hydrogens (tertiary/aromatic N) is 1. The molecular weight excluding hydrogens is 292 g/mol. The van der Waals surface area contributed by atoms with Crippen LogP contribution in [-0.4, -0.2) is 55.4 Å². The van der Waals surface area contributed by atoms with E-state index in [2.05, 4.69) is 6.92 Å².